The van der Waals surface area contributed by atoms with E-state index in [1.54, 1.807) is 0 Å². The van der Waals surface area contributed by atoms with E-state index in [0.717, 1.165) is 28.7 Å². The Kier molecular flexibility index (Phi) is 4.54. The second-order valence-electron chi connectivity index (χ2n) is 6.90. The lowest BCUT2D eigenvalue weighted by Crippen LogP contribution is -2.46. The van der Waals surface area contributed by atoms with Crippen molar-refractivity contribution in [3.05, 3.63) is 41.1 Å². The van der Waals surface area contributed by atoms with Crippen molar-refractivity contribution in [1.29, 1.82) is 0 Å². The summed E-state index contributed by atoms with van der Waals surface area (Å²) in [5.41, 5.74) is -4.88. The summed E-state index contributed by atoms with van der Waals surface area (Å²) >= 11 is 5.80. The number of alkyl halides is 6. The monoisotopic (exact) mass is 465 g/mol. The largest absolute Gasteiger partial charge is 0.435 e. The number of hydrogen-bond donors (Lipinski definition) is 1. The first-order valence-corrected chi connectivity index (χ1v) is 8.79. The smallest absolute Gasteiger partial charge is 0.306 e. The third kappa shape index (κ3) is 3.40. The molecule has 0 unspecified atom stereocenters. The highest BCUT2D eigenvalue weighted by Gasteiger charge is 2.60. The van der Waals surface area contributed by atoms with Gasteiger partial charge in [0.05, 0.1) is 29.5 Å². The molecule has 4 heterocycles. The molecule has 0 saturated carbocycles. The van der Waals surface area contributed by atoms with Crippen LogP contribution in [-0.2, 0) is 11.6 Å². The van der Waals surface area contributed by atoms with E-state index >= 15 is 0 Å². The van der Waals surface area contributed by atoms with E-state index in [9.17, 15) is 31.1 Å². The maximum atomic E-state index is 14.0. The fraction of sp³-hybridized carbons (Fsp3) is 0.312. The number of carbonyl (C=O) groups excluding carboxylic acids is 1. The Hall–Kier alpha value is -3.16. The molecule has 8 nitrogen and oxygen atoms in total. The molecule has 0 spiro atoms. The van der Waals surface area contributed by atoms with E-state index in [1.807, 2.05) is 0 Å². The molecular weight excluding hydrogens is 456 g/mol. The Bertz CT molecular complexity index is 1190. The van der Waals surface area contributed by atoms with Crippen molar-refractivity contribution in [3.8, 4) is 0 Å². The van der Waals surface area contributed by atoms with Gasteiger partial charge in [0.15, 0.2) is 16.5 Å². The lowest BCUT2D eigenvalue weighted by Gasteiger charge is -2.28. The van der Waals surface area contributed by atoms with Gasteiger partial charge in [-0.05, 0) is 13.0 Å². The number of nitrogens with one attached hydrogen (secondary N) is 1. The van der Waals surface area contributed by atoms with Crippen molar-refractivity contribution in [2.45, 2.75) is 24.7 Å². The molecule has 2 amide bonds. The zero-order chi connectivity index (χ0) is 22.8. The van der Waals surface area contributed by atoms with Gasteiger partial charge in [0.25, 0.3) is 0 Å². The maximum Gasteiger partial charge on any atom is 0.435 e. The minimum Gasteiger partial charge on any atom is -0.306 e. The van der Waals surface area contributed by atoms with E-state index in [0.29, 0.717) is 6.07 Å². The molecule has 0 saturated heterocycles. The van der Waals surface area contributed by atoms with Crippen LogP contribution < -0.4 is 10.2 Å². The number of fused-ring (bicyclic) bond motifs is 3. The van der Waals surface area contributed by atoms with Gasteiger partial charge < -0.3 is 5.32 Å². The number of aromatic nitrogens is 5. The molecule has 3 aromatic rings. The third-order valence-electron chi connectivity index (χ3n) is 4.79. The highest BCUT2D eigenvalue weighted by atomic mass is 35.5. The summed E-state index contributed by atoms with van der Waals surface area (Å²) in [5, 5.41) is 11.9. The molecule has 1 N–H and O–H groups in total. The van der Waals surface area contributed by atoms with Crippen molar-refractivity contribution in [2.24, 2.45) is 0 Å². The topological polar surface area (TPSA) is 88.3 Å². The van der Waals surface area contributed by atoms with Crippen LogP contribution in [0.25, 0.3) is 5.65 Å². The van der Waals surface area contributed by atoms with Crippen molar-refractivity contribution in [3.63, 3.8) is 0 Å². The summed E-state index contributed by atoms with van der Waals surface area (Å²) in [6.07, 6.45) is -7.74. The van der Waals surface area contributed by atoms with Crippen LogP contribution in [0.15, 0.2) is 24.5 Å². The number of rotatable bonds is 1. The van der Waals surface area contributed by atoms with Crippen molar-refractivity contribution in [2.75, 3.05) is 16.8 Å². The first-order chi connectivity index (χ1) is 14.3. The summed E-state index contributed by atoms with van der Waals surface area (Å²) in [6.45, 7) is 0.0183. The molecule has 1 atom stereocenters. The Labute approximate surface area is 173 Å². The van der Waals surface area contributed by atoms with Crippen molar-refractivity contribution in [1.82, 2.24) is 24.8 Å². The van der Waals surface area contributed by atoms with Crippen molar-refractivity contribution < 1.29 is 31.1 Å². The molecule has 15 heteroatoms. The normalized spacial score (nSPS) is 19.0. The van der Waals surface area contributed by atoms with Gasteiger partial charge in [-0.3, -0.25) is 4.90 Å². The number of anilines is 2. The van der Waals surface area contributed by atoms with Gasteiger partial charge in [0.1, 0.15) is 5.41 Å². The fourth-order valence-electron chi connectivity index (χ4n) is 3.26. The summed E-state index contributed by atoms with van der Waals surface area (Å²) in [7, 11) is 0. The number of urea groups is 1. The van der Waals surface area contributed by atoms with Crippen LogP contribution in [-0.4, -0.2) is 43.5 Å². The van der Waals surface area contributed by atoms with Gasteiger partial charge in [0, 0.05) is 12.6 Å². The molecule has 0 aromatic carbocycles. The first kappa shape index (κ1) is 21.1. The molecule has 0 aliphatic carbocycles. The molecule has 164 valence electrons. The number of halogens is 7. The second-order valence-corrected chi connectivity index (χ2v) is 7.29. The summed E-state index contributed by atoms with van der Waals surface area (Å²) < 4.78 is 81.3. The van der Waals surface area contributed by atoms with Crippen LogP contribution in [0, 0.1) is 0 Å². The fourth-order valence-corrected chi connectivity index (χ4v) is 3.43. The minimum atomic E-state index is -4.82. The number of carbonyl (C=O) groups is 1. The molecule has 31 heavy (non-hydrogen) atoms. The highest BCUT2D eigenvalue weighted by Crippen LogP contribution is 2.50. The SMILES string of the molecule is C[C@@]1(C(F)(F)F)CN(C(=O)Nc2cnnc(C(F)(F)F)c2)c2cnc3cc(Cl)nn3c21. The highest BCUT2D eigenvalue weighted by molar-refractivity contribution is 6.29. The lowest BCUT2D eigenvalue weighted by atomic mass is 9.88. The Morgan fingerprint density at radius 1 is 1.19 bits per heavy atom. The van der Waals surface area contributed by atoms with Crippen LogP contribution in [0.2, 0.25) is 5.15 Å². The zero-order valence-electron chi connectivity index (χ0n) is 15.3. The number of hydrogen-bond acceptors (Lipinski definition) is 5. The zero-order valence-corrected chi connectivity index (χ0v) is 16.0. The average Bonchev–Trinajstić information content (AvgIpc) is 3.18. The predicted molar refractivity (Wildman–Crippen MR) is 94.8 cm³/mol. The molecule has 0 bridgehead atoms. The maximum absolute atomic E-state index is 14.0. The Balaban J connectivity index is 1.76. The molecule has 4 rings (SSSR count). The van der Waals surface area contributed by atoms with Crippen LogP contribution in [0.1, 0.15) is 18.3 Å². The van der Waals surface area contributed by atoms with Gasteiger partial charge in [0.2, 0.25) is 0 Å². The van der Waals surface area contributed by atoms with Crippen LogP contribution >= 0.6 is 11.6 Å². The van der Waals surface area contributed by atoms with Crippen molar-refractivity contribution >= 4 is 34.7 Å². The number of amides is 2. The van der Waals surface area contributed by atoms with Gasteiger partial charge in [-0.2, -0.15) is 36.5 Å². The van der Waals surface area contributed by atoms with Gasteiger partial charge in [-0.1, -0.05) is 11.6 Å². The Morgan fingerprint density at radius 3 is 2.55 bits per heavy atom. The predicted octanol–water partition coefficient (Wildman–Crippen LogP) is 4.06. The van der Waals surface area contributed by atoms with Gasteiger partial charge in [-0.15, -0.1) is 5.10 Å². The average molecular weight is 466 g/mol. The first-order valence-electron chi connectivity index (χ1n) is 8.41. The molecule has 3 aromatic heterocycles. The molecule has 0 fully saturated rings. The lowest BCUT2D eigenvalue weighted by molar-refractivity contribution is -0.181. The van der Waals surface area contributed by atoms with E-state index in [2.05, 4.69) is 25.6 Å². The van der Waals surface area contributed by atoms with E-state index in [4.69, 9.17) is 11.6 Å². The van der Waals surface area contributed by atoms with Crippen LogP contribution in [0.3, 0.4) is 0 Å². The van der Waals surface area contributed by atoms with Crippen LogP contribution in [0.5, 0.6) is 0 Å². The standard InChI is InChI=1S/C16H10ClF6N7O/c1-14(16(21,22)23)6-29(8-5-24-11-3-10(17)28-30(11)12(8)14)13(31)26-7-2-9(15(18,19)20)27-25-4-7/h2-5H,6H2,1H3,(H,26,27,31)/t14-/m1/s1. The quantitative estimate of drug-likeness (QED) is 0.547. The Morgan fingerprint density at radius 2 is 1.90 bits per heavy atom. The van der Waals surface area contributed by atoms with Gasteiger partial charge >= 0.3 is 18.4 Å². The molecule has 1 aliphatic heterocycles. The molecule has 0 radical (unpaired) electrons. The summed E-state index contributed by atoms with van der Waals surface area (Å²) in [6, 6.07) is 0.650. The molecular formula is C16H10ClF6N7O. The van der Waals surface area contributed by atoms with Gasteiger partial charge in [-0.25, -0.2) is 14.3 Å². The third-order valence-corrected chi connectivity index (χ3v) is 4.97. The van der Waals surface area contributed by atoms with E-state index < -0.39 is 41.7 Å². The minimum absolute atomic E-state index is 0.0367. The van der Waals surface area contributed by atoms with E-state index in [-0.39, 0.29) is 22.2 Å². The summed E-state index contributed by atoms with van der Waals surface area (Å²) in [4.78, 5) is 17.4. The second kappa shape index (κ2) is 6.67. The molecule has 1 aliphatic rings. The van der Waals surface area contributed by atoms with E-state index in [1.165, 1.54) is 6.07 Å². The van der Waals surface area contributed by atoms with Crippen LogP contribution in [0.4, 0.5) is 42.5 Å². The number of nitrogens with zero attached hydrogens (tertiary/aromatic N) is 6. The summed E-state index contributed by atoms with van der Waals surface area (Å²) in [5.74, 6) is 0.